The molecular formula is C19H22N2O2. The Balaban J connectivity index is 1.99. The summed E-state index contributed by atoms with van der Waals surface area (Å²) in [6, 6.07) is 16.7. The van der Waals surface area contributed by atoms with E-state index in [2.05, 4.69) is 10.6 Å². The first kappa shape index (κ1) is 16.7. The minimum Gasteiger partial charge on any atom is -0.350 e. The molecule has 2 rings (SSSR count). The van der Waals surface area contributed by atoms with Crippen molar-refractivity contribution in [2.75, 3.05) is 5.32 Å². The highest BCUT2D eigenvalue weighted by atomic mass is 16.2. The Kier molecular flexibility index (Phi) is 5.92. The molecule has 0 aromatic heterocycles. The molecule has 1 atom stereocenters. The monoisotopic (exact) mass is 310 g/mol. The minimum absolute atomic E-state index is 0.101. The van der Waals surface area contributed by atoms with E-state index in [1.807, 2.05) is 44.2 Å². The van der Waals surface area contributed by atoms with Gasteiger partial charge < -0.3 is 10.6 Å². The first-order chi connectivity index (χ1) is 11.1. The quantitative estimate of drug-likeness (QED) is 0.859. The summed E-state index contributed by atoms with van der Waals surface area (Å²) in [6.45, 7) is 3.98. The van der Waals surface area contributed by atoms with Crippen LogP contribution in [0.2, 0.25) is 0 Å². The molecule has 0 aliphatic heterocycles. The lowest BCUT2D eigenvalue weighted by Crippen LogP contribution is -2.31. The highest BCUT2D eigenvalue weighted by Gasteiger charge is 2.10. The molecule has 2 N–H and O–H groups in total. The second-order valence-electron chi connectivity index (χ2n) is 5.57. The average Bonchev–Trinajstić information content (AvgIpc) is 2.55. The van der Waals surface area contributed by atoms with Crippen LogP contribution >= 0.6 is 0 Å². The molecule has 0 spiro atoms. The fraction of sp³-hybridized carbons (Fsp3) is 0.263. The highest BCUT2D eigenvalue weighted by Crippen LogP contribution is 2.12. The Bertz CT molecular complexity index is 668. The van der Waals surface area contributed by atoms with Gasteiger partial charge in [0.05, 0.1) is 6.42 Å². The van der Waals surface area contributed by atoms with Crippen LogP contribution in [0.15, 0.2) is 54.6 Å². The predicted octanol–water partition coefficient (Wildman–Crippen LogP) is 3.40. The van der Waals surface area contributed by atoms with Crippen molar-refractivity contribution < 1.29 is 9.59 Å². The zero-order valence-electron chi connectivity index (χ0n) is 13.5. The SMILES string of the molecule is CCC(C)NC(=O)c1cccc(NC(=O)Cc2ccccc2)c1. The maximum Gasteiger partial charge on any atom is 0.251 e. The maximum absolute atomic E-state index is 12.1. The largest absolute Gasteiger partial charge is 0.350 e. The van der Waals surface area contributed by atoms with Gasteiger partial charge in [0, 0.05) is 17.3 Å². The highest BCUT2D eigenvalue weighted by molar-refractivity contribution is 5.97. The fourth-order valence-corrected chi connectivity index (χ4v) is 2.13. The van der Waals surface area contributed by atoms with Gasteiger partial charge in [-0.15, -0.1) is 0 Å². The first-order valence-electron chi connectivity index (χ1n) is 7.83. The van der Waals surface area contributed by atoms with E-state index in [-0.39, 0.29) is 17.9 Å². The van der Waals surface area contributed by atoms with Gasteiger partial charge in [0.15, 0.2) is 0 Å². The summed E-state index contributed by atoms with van der Waals surface area (Å²) >= 11 is 0. The molecule has 0 radical (unpaired) electrons. The van der Waals surface area contributed by atoms with Gasteiger partial charge >= 0.3 is 0 Å². The van der Waals surface area contributed by atoms with Crippen molar-refractivity contribution in [1.29, 1.82) is 0 Å². The number of rotatable bonds is 6. The van der Waals surface area contributed by atoms with Crippen LogP contribution in [0.4, 0.5) is 5.69 Å². The molecule has 120 valence electrons. The van der Waals surface area contributed by atoms with E-state index in [4.69, 9.17) is 0 Å². The molecule has 0 bridgehead atoms. The number of carbonyl (C=O) groups is 2. The van der Waals surface area contributed by atoms with Crippen LogP contribution in [0.25, 0.3) is 0 Å². The minimum atomic E-state index is -0.126. The summed E-state index contributed by atoms with van der Waals surface area (Å²) in [7, 11) is 0. The molecule has 0 aliphatic carbocycles. The number of hydrogen-bond donors (Lipinski definition) is 2. The Morgan fingerprint density at radius 3 is 2.48 bits per heavy atom. The summed E-state index contributed by atoms with van der Waals surface area (Å²) in [5, 5.41) is 5.75. The lowest BCUT2D eigenvalue weighted by molar-refractivity contribution is -0.115. The van der Waals surface area contributed by atoms with Gasteiger partial charge in [-0.25, -0.2) is 0 Å². The molecule has 2 aromatic carbocycles. The molecule has 0 saturated carbocycles. The van der Waals surface area contributed by atoms with Crippen molar-refractivity contribution in [1.82, 2.24) is 5.32 Å². The Morgan fingerprint density at radius 1 is 1.04 bits per heavy atom. The van der Waals surface area contributed by atoms with Crippen LogP contribution in [0.3, 0.4) is 0 Å². The Labute approximate surface area is 136 Å². The molecule has 0 heterocycles. The molecule has 0 aliphatic rings. The average molecular weight is 310 g/mol. The van der Waals surface area contributed by atoms with E-state index >= 15 is 0 Å². The molecular weight excluding hydrogens is 288 g/mol. The third-order valence-corrected chi connectivity index (χ3v) is 3.61. The second kappa shape index (κ2) is 8.13. The number of amides is 2. The summed E-state index contributed by atoms with van der Waals surface area (Å²) < 4.78 is 0. The normalized spacial score (nSPS) is 11.6. The molecule has 0 fully saturated rings. The lowest BCUT2D eigenvalue weighted by atomic mass is 10.1. The number of benzene rings is 2. The topological polar surface area (TPSA) is 58.2 Å². The second-order valence-corrected chi connectivity index (χ2v) is 5.57. The molecule has 4 heteroatoms. The van der Waals surface area contributed by atoms with E-state index in [0.29, 0.717) is 17.7 Å². The van der Waals surface area contributed by atoms with Crippen LogP contribution in [0.1, 0.15) is 36.2 Å². The molecule has 2 aromatic rings. The number of anilines is 1. The van der Waals surface area contributed by atoms with Crippen molar-refractivity contribution in [3.05, 3.63) is 65.7 Å². The standard InChI is InChI=1S/C19H22N2O2/c1-3-14(2)20-19(23)16-10-7-11-17(13-16)21-18(22)12-15-8-5-4-6-9-15/h4-11,13-14H,3,12H2,1-2H3,(H,20,23)(H,21,22). The smallest absolute Gasteiger partial charge is 0.251 e. The van der Waals surface area contributed by atoms with Gasteiger partial charge in [0.25, 0.3) is 5.91 Å². The van der Waals surface area contributed by atoms with E-state index in [9.17, 15) is 9.59 Å². The van der Waals surface area contributed by atoms with Gasteiger partial charge in [0.1, 0.15) is 0 Å². The third kappa shape index (κ3) is 5.25. The maximum atomic E-state index is 12.1. The van der Waals surface area contributed by atoms with Crippen molar-refractivity contribution in [2.24, 2.45) is 0 Å². The zero-order valence-corrected chi connectivity index (χ0v) is 13.5. The number of nitrogens with one attached hydrogen (secondary N) is 2. The van der Waals surface area contributed by atoms with Crippen LogP contribution in [-0.4, -0.2) is 17.9 Å². The number of hydrogen-bond acceptors (Lipinski definition) is 2. The number of carbonyl (C=O) groups excluding carboxylic acids is 2. The van der Waals surface area contributed by atoms with Gasteiger partial charge in [-0.05, 0) is 37.1 Å². The van der Waals surface area contributed by atoms with E-state index < -0.39 is 0 Å². The van der Waals surface area contributed by atoms with Crippen molar-refractivity contribution in [2.45, 2.75) is 32.7 Å². The zero-order chi connectivity index (χ0) is 16.7. The predicted molar refractivity (Wildman–Crippen MR) is 92.4 cm³/mol. The van der Waals surface area contributed by atoms with Crippen molar-refractivity contribution in [3.63, 3.8) is 0 Å². The molecule has 4 nitrogen and oxygen atoms in total. The summed E-state index contributed by atoms with van der Waals surface area (Å²) in [5.74, 6) is -0.228. The summed E-state index contributed by atoms with van der Waals surface area (Å²) in [4.78, 5) is 24.2. The lowest BCUT2D eigenvalue weighted by Gasteiger charge is -2.12. The molecule has 1 unspecified atom stereocenters. The Morgan fingerprint density at radius 2 is 1.78 bits per heavy atom. The van der Waals surface area contributed by atoms with Gasteiger partial charge in [-0.3, -0.25) is 9.59 Å². The van der Waals surface area contributed by atoms with E-state index in [1.54, 1.807) is 24.3 Å². The van der Waals surface area contributed by atoms with Gasteiger partial charge in [-0.2, -0.15) is 0 Å². The van der Waals surface area contributed by atoms with Gasteiger partial charge in [0.2, 0.25) is 5.91 Å². The van der Waals surface area contributed by atoms with Crippen LogP contribution in [0.5, 0.6) is 0 Å². The van der Waals surface area contributed by atoms with Crippen molar-refractivity contribution in [3.8, 4) is 0 Å². The van der Waals surface area contributed by atoms with E-state index in [1.165, 1.54) is 0 Å². The van der Waals surface area contributed by atoms with Crippen LogP contribution < -0.4 is 10.6 Å². The summed E-state index contributed by atoms with van der Waals surface area (Å²) in [5.41, 5.74) is 2.13. The molecule has 0 saturated heterocycles. The van der Waals surface area contributed by atoms with Crippen LogP contribution in [0, 0.1) is 0 Å². The fourth-order valence-electron chi connectivity index (χ4n) is 2.13. The third-order valence-electron chi connectivity index (χ3n) is 3.61. The van der Waals surface area contributed by atoms with Crippen molar-refractivity contribution >= 4 is 17.5 Å². The molecule has 23 heavy (non-hydrogen) atoms. The first-order valence-corrected chi connectivity index (χ1v) is 7.83. The van der Waals surface area contributed by atoms with E-state index in [0.717, 1.165) is 12.0 Å². The Hall–Kier alpha value is -2.62. The molecule has 2 amide bonds. The summed E-state index contributed by atoms with van der Waals surface area (Å²) in [6.07, 6.45) is 1.18. The van der Waals surface area contributed by atoms with Gasteiger partial charge in [-0.1, -0.05) is 43.3 Å². The van der Waals surface area contributed by atoms with Crippen LogP contribution in [-0.2, 0) is 11.2 Å².